The van der Waals surface area contributed by atoms with Crippen molar-refractivity contribution in [3.63, 3.8) is 0 Å². The number of carbonyl (C=O) groups excluding carboxylic acids is 2. The van der Waals surface area contributed by atoms with Crippen molar-refractivity contribution < 1.29 is 23.8 Å². The second-order valence-electron chi connectivity index (χ2n) is 20.8. The molecular weight excluding hydrogens is 917 g/mol. The molecule has 1 amide bonds. The molecule has 398 valence electrons. The highest BCUT2D eigenvalue weighted by Crippen LogP contribution is 2.35. The summed E-state index contributed by atoms with van der Waals surface area (Å²) in [5.41, 5.74) is 9.16. The molecule has 0 bridgehead atoms. The Kier molecular flexibility index (Phi) is 21.8. The number of anilines is 2. The second kappa shape index (κ2) is 27.9. The van der Waals surface area contributed by atoms with Gasteiger partial charge in [0.2, 0.25) is 0 Å². The number of carbonyl (C=O) groups is 2. The second-order valence-corrected chi connectivity index (χ2v) is 20.8. The number of benzene rings is 2. The number of pyridine rings is 1. The zero-order valence-corrected chi connectivity index (χ0v) is 46.2. The van der Waals surface area contributed by atoms with Gasteiger partial charge in [-0.1, -0.05) is 23.7 Å². The molecule has 2 N–H and O–H groups in total. The molecule has 2 aliphatic carbocycles. The van der Waals surface area contributed by atoms with E-state index in [4.69, 9.17) is 14.2 Å². The number of methoxy groups -OCH3 is 1. The van der Waals surface area contributed by atoms with Crippen molar-refractivity contribution in [3.8, 4) is 23.7 Å². The normalized spacial score (nSPS) is 20.5. The molecule has 2 saturated carbocycles. The van der Waals surface area contributed by atoms with E-state index < -0.39 is 0 Å². The molecule has 0 radical (unpaired) electrons. The van der Waals surface area contributed by atoms with E-state index in [0.29, 0.717) is 53.9 Å². The van der Waals surface area contributed by atoms with Crippen LogP contribution in [-0.4, -0.2) is 175 Å². The van der Waals surface area contributed by atoms with Crippen LogP contribution in [-0.2, 0) is 20.8 Å². The van der Waals surface area contributed by atoms with Gasteiger partial charge in [-0.3, -0.25) is 19.4 Å². The highest BCUT2D eigenvalue weighted by molar-refractivity contribution is 5.98. The van der Waals surface area contributed by atoms with Gasteiger partial charge in [0.25, 0.3) is 11.5 Å². The summed E-state index contributed by atoms with van der Waals surface area (Å²) in [4.78, 5) is 55.8. The molecule has 4 fully saturated rings. The van der Waals surface area contributed by atoms with Crippen molar-refractivity contribution in [1.29, 1.82) is 0 Å². The number of hydrogen-bond acceptors (Lipinski definition) is 12. The number of hydrogen-bond donors (Lipinski definition) is 2. The molecule has 4 aliphatic rings. The predicted octanol–water partition coefficient (Wildman–Crippen LogP) is 6.78. The lowest BCUT2D eigenvalue weighted by Crippen LogP contribution is -2.42. The van der Waals surface area contributed by atoms with Crippen LogP contribution in [0, 0.1) is 51.4 Å². The first kappa shape index (κ1) is 57.1. The Bertz CT molecular complexity index is 2490. The molecule has 73 heavy (non-hydrogen) atoms. The first-order chi connectivity index (χ1) is 35.1. The Morgan fingerprint density at radius 3 is 1.49 bits per heavy atom. The fourth-order valence-electron chi connectivity index (χ4n) is 11.1. The maximum absolute atomic E-state index is 13.6. The van der Waals surface area contributed by atoms with Crippen LogP contribution in [0.15, 0.2) is 35.1 Å². The van der Waals surface area contributed by atoms with Crippen molar-refractivity contribution in [3.05, 3.63) is 90.9 Å². The maximum atomic E-state index is 13.6. The minimum Gasteiger partial charge on any atom is -0.465 e. The van der Waals surface area contributed by atoms with Gasteiger partial charge in [-0.15, -0.1) is 0 Å². The van der Waals surface area contributed by atoms with Crippen LogP contribution in [0.3, 0.4) is 0 Å². The van der Waals surface area contributed by atoms with E-state index in [2.05, 4.69) is 118 Å². The fraction of sp³-hybridized carbons (Fsp3) is 0.610. The highest BCUT2D eigenvalue weighted by Gasteiger charge is 2.30. The number of amides is 1. The summed E-state index contributed by atoms with van der Waals surface area (Å²) in [6.45, 7) is 22.2. The molecule has 1 aromatic heterocycles. The number of nitrogens with one attached hydrogen (secondary N) is 2. The van der Waals surface area contributed by atoms with Crippen molar-refractivity contribution >= 4 is 23.3 Å². The molecule has 2 saturated heterocycles. The van der Waals surface area contributed by atoms with Crippen LogP contribution in [0.4, 0.5) is 11.4 Å². The number of H-pyrrole nitrogens is 1. The number of aromatic nitrogens is 1. The van der Waals surface area contributed by atoms with Gasteiger partial charge in [0.1, 0.15) is 0 Å². The number of nitrogens with zero attached hydrogens (tertiary/aromatic N) is 6. The number of morpholine rings is 2. The third-order valence-corrected chi connectivity index (χ3v) is 15.6. The van der Waals surface area contributed by atoms with Crippen molar-refractivity contribution in [2.75, 3.05) is 124 Å². The van der Waals surface area contributed by atoms with Gasteiger partial charge in [-0.25, -0.2) is 4.79 Å². The lowest BCUT2D eigenvalue weighted by Gasteiger charge is -2.40. The van der Waals surface area contributed by atoms with Gasteiger partial charge in [0.15, 0.2) is 0 Å². The third-order valence-electron chi connectivity index (χ3n) is 15.6. The summed E-state index contributed by atoms with van der Waals surface area (Å²) in [6.07, 6.45) is 9.33. The smallest absolute Gasteiger partial charge is 0.338 e. The third kappa shape index (κ3) is 15.7. The molecule has 14 nitrogen and oxygen atoms in total. The molecule has 2 aliphatic heterocycles. The van der Waals surface area contributed by atoms with Gasteiger partial charge in [0, 0.05) is 109 Å². The lowest BCUT2D eigenvalue weighted by molar-refractivity contribution is 0.0443. The average Bonchev–Trinajstić information content (AvgIpc) is 3.38. The number of rotatable bonds is 14. The van der Waals surface area contributed by atoms with Crippen LogP contribution < -0.4 is 20.7 Å². The fourth-order valence-corrected chi connectivity index (χ4v) is 11.1. The van der Waals surface area contributed by atoms with Crippen molar-refractivity contribution in [1.82, 2.24) is 29.9 Å². The molecule has 0 unspecified atom stereocenters. The average molecular weight is 1000 g/mol. The van der Waals surface area contributed by atoms with E-state index in [0.717, 1.165) is 136 Å². The van der Waals surface area contributed by atoms with E-state index in [1.807, 2.05) is 45.9 Å². The van der Waals surface area contributed by atoms with Crippen molar-refractivity contribution in [2.24, 2.45) is 0 Å². The quantitative estimate of drug-likeness (QED) is 0.131. The highest BCUT2D eigenvalue weighted by atomic mass is 16.5. The molecular formula is C59H86N8O6. The maximum Gasteiger partial charge on any atom is 0.338 e. The summed E-state index contributed by atoms with van der Waals surface area (Å²) in [5, 5.41) is 3.02. The van der Waals surface area contributed by atoms with Crippen molar-refractivity contribution in [2.45, 2.75) is 124 Å². The monoisotopic (exact) mass is 1000 g/mol. The van der Waals surface area contributed by atoms with Gasteiger partial charge in [-0.2, -0.15) is 0 Å². The van der Waals surface area contributed by atoms with E-state index in [9.17, 15) is 14.4 Å². The molecule has 3 heterocycles. The minimum atomic E-state index is -0.298. The zero-order valence-electron chi connectivity index (χ0n) is 46.2. The Morgan fingerprint density at radius 1 is 0.658 bits per heavy atom. The Labute approximate surface area is 437 Å². The number of esters is 1. The van der Waals surface area contributed by atoms with E-state index in [1.54, 1.807) is 0 Å². The Balaban J connectivity index is 0.000000246. The topological polar surface area (TPSA) is 126 Å². The SMILES string of the molecule is CCN(c1cc(C#CCN2CCOCC2)cc(C(=O)NCc2c(C)cc(C)[nH]c2=O)c1C)C1CCC(N(C)C)CC1.CCN(c1cc(C#CCN2CCOCC2)cc(C(=O)OC)c1C)C1CCC(N(C)C)CC1. The number of aromatic amines is 1. The zero-order chi connectivity index (χ0) is 52.6. The number of aryl methyl sites for hydroxylation is 2. The van der Waals surface area contributed by atoms with E-state index in [1.165, 1.54) is 32.8 Å². The largest absolute Gasteiger partial charge is 0.465 e. The number of ether oxygens (including phenoxy) is 3. The van der Waals surface area contributed by atoms with Crippen LogP contribution in [0.25, 0.3) is 0 Å². The molecule has 0 spiro atoms. The first-order valence-electron chi connectivity index (χ1n) is 26.9. The van der Waals surface area contributed by atoms with Crippen LogP contribution >= 0.6 is 0 Å². The summed E-state index contributed by atoms with van der Waals surface area (Å²) < 4.78 is 16.0. The van der Waals surface area contributed by atoms with Crippen LogP contribution in [0.5, 0.6) is 0 Å². The first-order valence-corrected chi connectivity index (χ1v) is 26.9. The summed E-state index contributed by atoms with van der Waals surface area (Å²) in [5.74, 6) is 12.8. The predicted molar refractivity (Wildman–Crippen MR) is 295 cm³/mol. The molecule has 14 heteroatoms. The van der Waals surface area contributed by atoms with Gasteiger partial charge >= 0.3 is 5.97 Å². The molecule has 2 aromatic carbocycles. The summed E-state index contributed by atoms with van der Waals surface area (Å²) in [6, 6.07) is 12.2. The van der Waals surface area contributed by atoms with Crippen LogP contribution in [0.1, 0.15) is 125 Å². The standard InChI is InChI=1S/C33H47N5O3.C26H39N3O3/c1-7-38(28-12-10-27(11-13-28)36(5)6)31-21-26(9-8-14-37-15-17-41-18-16-37)20-29(25(31)4)32(39)34-22-30-23(2)19-24(3)35-33(30)40;1-6-29(23-11-9-22(10-12-23)27(3)4)25-19-21(18-24(20(25)2)26(30)31-5)8-7-13-28-14-16-32-17-15-28/h19-21,27-28H,7,10-18,22H2,1-6H3,(H,34,39)(H,35,40);18-19,22-23H,6,9-17H2,1-5H3. The Hall–Kier alpha value is -5.19. The van der Waals surface area contributed by atoms with Gasteiger partial charge < -0.3 is 44.1 Å². The van der Waals surface area contributed by atoms with E-state index >= 15 is 0 Å². The van der Waals surface area contributed by atoms with Crippen LogP contribution in [0.2, 0.25) is 0 Å². The molecule has 3 aromatic rings. The van der Waals surface area contributed by atoms with E-state index in [-0.39, 0.29) is 24.0 Å². The summed E-state index contributed by atoms with van der Waals surface area (Å²) in [7, 11) is 10.1. The Morgan fingerprint density at radius 2 is 1.08 bits per heavy atom. The lowest BCUT2D eigenvalue weighted by atomic mass is 9.88. The van der Waals surface area contributed by atoms with Gasteiger partial charge in [-0.05, 0) is 168 Å². The molecule has 7 rings (SSSR count). The van der Waals surface area contributed by atoms with Gasteiger partial charge in [0.05, 0.1) is 52.2 Å². The minimum absolute atomic E-state index is 0.159. The molecule has 0 atom stereocenters. The summed E-state index contributed by atoms with van der Waals surface area (Å²) >= 11 is 0.